The Balaban J connectivity index is 1.86. The fourth-order valence-electron chi connectivity index (χ4n) is 3.31. The van der Waals surface area contributed by atoms with E-state index in [1.807, 2.05) is 0 Å². The number of carbonyl (C=O) groups is 1. The van der Waals surface area contributed by atoms with Crippen LogP contribution in [0.25, 0.3) is 10.9 Å². The number of halogens is 2. The second-order valence-electron chi connectivity index (χ2n) is 6.58. The summed E-state index contributed by atoms with van der Waals surface area (Å²) in [6, 6.07) is 9.39. The molecule has 1 aliphatic heterocycles. The first-order valence-electron chi connectivity index (χ1n) is 9.12. The average Bonchev–Trinajstić information content (AvgIpc) is 2.74. The Kier molecular flexibility index (Phi) is 5.51. The van der Waals surface area contributed by atoms with Crippen LogP contribution in [0, 0.1) is 5.82 Å². The quantitative estimate of drug-likeness (QED) is 0.690. The van der Waals surface area contributed by atoms with Gasteiger partial charge in [0, 0.05) is 29.7 Å². The highest BCUT2D eigenvalue weighted by atomic mass is 35.5. The van der Waals surface area contributed by atoms with E-state index < -0.39 is 5.82 Å². The number of rotatable bonds is 4. The number of aromatic nitrogens is 1. The van der Waals surface area contributed by atoms with E-state index in [4.69, 9.17) is 21.1 Å². The number of anilines is 2. The molecule has 150 valence electrons. The van der Waals surface area contributed by atoms with Crippen LogP contribution in [0.2, 0.25) is 5.02 Å². The summed E-state index contributed by atoms with van der Waals surface area (Å²) in [5.74, 6) is -0.0765. The van der Waals surface area contributed by atoms with Gasteiger partial charge in [-0.15, -0.1) is 0 Å². The Morgan fingerprint density at radius 2 is 2.03 bits per heavy atom. The maximum Gasteiger partial charge on any atom is 0.257 e. The summed E-state index contributed by atoms with van der Waals surface area (Å²) in [7, 11) is 1.54. The molecule has 4 rings (SSSR count). The maximum atomic E-state index is 14.0. The minimum Gasteiger partial charge on any atom is -0.495 e. The number of nitrogens with one attached hydrogen (secondary N) is 1. The normalized spacial score (nSPS) is 14.1. The van der Waals surface area contributed by atoms with Gasteiger partial charge in [-0.1, -0.05) is 11.6 Å². The Bertz CT molecular complexity index is 1070. The number of fused-ring (bicyclic) bond motifs is 1. The number of benzene rings is 2. The second-order valence-corrected chi connectivity index (χ2v) is 7.02. The summed E-state index contributed by atoms with van der Waals surface area (Å²) in [5, 5.41) is 4.22. The monoisotopic (exact) mass is 415 g/mol. The maximum absolute atomic E-state index is 14.0. The molecule has 29 heavy (non-hydrogen) atoms. The van der Waals surface area contributed by atoms with Gasteiger partial charge in [-0.2, -0.15) is 0 Å². The van der Waals surface area contributed by atoms with Crippen LogP contribution in [0.1, 0.15) is 10.4 Å². The summed E-state index contributed by atoms with van der Waals surface area (Å²) in [6.45, 7) is 1.93. The summed E-state index contributed by atoms with van der Waals surface area (Å²) < 4.78 is 24.8. The van der Waals surface area contributed by atoms with Gasteiger partial charge in [0.25, 0.3) is 5.91 Å². The van der Waals surface area contributed by atoms with Crippen molar-refractivity contribution in [3.05, 3.63) is 59.0 Å². The molecule has 0 radical (unpaired) electrons. The van der Waals surface area contributed by atoms with Gasteiger partial charge < -0.3 is 19.7 Å². The molecule has 0 spiro atoms. The average molecular weight is 416 g/mol. The van der Waals surface area contributed by atoms with Gasteiger partial charge in [-0.25, -0.2) is 4.39 Å². The van der Waals surface area contributed by atoms with Crippen molar-refractivity contribution in [3.8, 4) is 5.75 Å². The molecular formula is C21H19ClFN3O3. The number of methoxy groups -OCH3 is 1. The van der Waals surface area contributed by atoms with E-state index in [9.17, 15) is 9.18 Å². The first-order valence-corrected chi connectivity index (χ1v) is 9.50. The lowest BCUT2D eigenvalue weighted by molar-refractivity contribution is 0.0303. The van der Waals surface area contributed by atoms with E-state index in [0.29, 0.717) is 64.9 Å². The van der Waals surface area contributed by atoms with Crippen molar-refractivity contribution in [1.82, 2.24) is 9.88 Å². The Morgan fingerprint density at radius 1 is 1.24 bits per heavy atom. The third kappa shape index (κ3) is 3.97. The number of hydrogen-bond donors (Lipinski definition) is 1. The third-order valence-corrected chi connectivity index (χ3v) is 5.02. The van der Waals surface area contributed by atoms with Crippen LogP contribution in [0.5, 0.6) is 5.75 Å². The molecule has 2 heterocycles. The smallest absolute Gasteiger partial charge is 0.257 e. The number of carbonyl (C=O) groups excluding carboxylic acids is 1. The molecule has 1 N–H and O–H groups in total. The first kappa shape index (κ1) is 19.4. The van der Waals surface area contributed by atoms with Crippen LogP contribution in [-0.2, 0) is 4.74 Å². The SMILES string of the molecule is COc1ccc(Cl)cc1Nc1c(C(=O)N2CCOCC2)cnc2ccc(F)cc12. The minimum atomic E-state index is -0.420. The zero-order valence-electron chi connectivity index (χ0n) is 15.7. The molecule has 0 aliphatic carbocycles. The number of morpholine rings is 1. The zero-order valence-corrected chi connectivity index (χ0v) is 16.5. The summed E-state index contributed by atoms with van der Waals surface area (Å²) in [5.41, 5.74) is 1.92. The topological polar surface area (TPSA) is 63.7 Å². The zero-order chi connectivity index (χ0) is 20.4. The molecule has 0 unspecified atom stereocenters. The molecule has 0 bridgehead atoms. The predicted octanol–water partition coefficient (Wildman–Crippen LogP) is 4.25. The lowest BCUT2D eigenvalue weighted by atomic mass is 10.1. The van der Waals surface area contributed by atoms with Crippen molar-refractivity contribution in [1.29, 1.82) is 0 Å². The van der Waals surface area contributed by atoms with Crippen LogP contribution >= 0.6 is 11.6 Å². The van der Waals surface area contributed by atoms with Crippen molar-refractivity contribution in [2.24, 2.45) is 0 Å². The van der Waals surface area contributed by atoms with Crippen LogP contribution in [0.4, 0.5) is 15.8 Å². The predicted molar refractivity (Wildman–Crippen MR) is 110 cm³/mol. The van der Waals surface area contributed by atoms with E-state index in [1.54, 1.807) is 36.3 Å². The number of nitrogens with zero attached hydrogens (tertiary/aromatic N) is 2. The van der Waals surface area contributed by atoms with Crippen LogP contribution in [0.3, 0.4) is 0 Å². The standard InChI is InChI=1S/C21H19ClFN3O3/c1-28-19-5-2-13(22)10-18(19)25-20-15-11-14(23)3-4-17(15)24-12-16(20)21(27)26-6-8-29-9-7-26/h2-5,10-12H,6-9H2,1H3,(H,24,25). The van der Waals surface area contributed by atoms with Gasteiger partial charge in [-0.05, 0) is 36.4 Å². The summed E-state index contributed by atoms with van der Waals surface area (Å²) in [6.07, 6.45) is 1.51. The minimum absolute atomic E-state index is 0.199. The summed E-state index contributed by atoms with van der Waals surface area (Å²) >= 11 is 6.15. The highest BCUT2D eigenvalue weighted by Gasteiger charge is 2.24. The van der Waals surface area contributed by atoms with E-state index in [0.717, 1.165) is 0 Å². The van der Waals surface area contributed by atoms with E-state index >= 15 is 0 Å². The van der Waals surface area contributed by atoms with Crippen molar-refractivity contribution < 1.29 is 18.7 Å². The molecular weight excluding hydrogens is 397 g/mol. The van der Waals surface area contributed by atoms with Crippen molar-refractivity contribution >= 4 is 39.8 Å². The van der Waals surface area contributed by atoms with Gasteiger partial charge >= 0.3 is 0 Å². The van der Waals surface area contributed by atoms with E-state index in [2.05, 4.69) is 10.3 Å². The molecule has 0 saturated carbocycles. The highest BCUT2D eigenvalue weighted by Crippen LogP contribution is 2.35. The van der Waals surface area contributed by atoms with Crippen molar-refractivity contribution in [3.63, 3.8) is 0 Å². The van der Waals surface area contributed by atoms with E-state index in [1.165, 1.54) is 18.3 Å². The molecule has 3 aromatic rings. The van der Waals surface area contributed by atoms with Gasteiger partial charge in [0.15, 0.2) is 0 Å². The molecule has 1 saturated heterocycles. The largest absolute Gasteiger partial charge is 0.495 e. The van der Waals surface area contributed by atoms with Crippen molar-refractivity contribution in [2.45, 2.75) is 0 Å². The van der Waals surface area contributed by atoms with Crippen molar-refractivity contribution in [2.75, 3.05) is 38.7 Å². The number of pyridine rings is 1. The Hall–Kier alpha value is -2.90. The van der Waals surface area contributed by atoms with Gasteiger partial charge in [-0.3, -0.25) is 9.78 Å². The van der Waals surface area contributed by atoms with Crippen LogP contribution in [-0.4, -0.2) is 49.2 Å². The summed E-state index contributed by atoms with van der Waals surface area (Å²) in [4.78, 5) is 19.3. The molecule has 1 fully saturated rings. The molecule has 6 nitrogen and oxygen atoms in total. The number of amides is 1. The van der Waals surface area contributed by atoms with Crippen LogP contribution in [0.15, 0.2) is 42.6 Å². The van der Waals surface area contributed by atoms with E-state index in [-0.39, 0.29) is 5.91 Å². The molecule has 1 amide bonds. The Labute approximate surface area is 172 Å². The number of ether oxygens (including phenoxy) is 2. The van der Waals surface area contributed by atoms with Gasteiger partial charge in [0.2, 0.25) is 0 Å². The van der Waals surface area contributed by atoms with Gasteiger partial charge in [0.1, 0.15) is 11.6 Å². The Morgan fingerprint density at radius 3 is 2.79 bits per heavy atom. The van der Waals surface area contributed by atoms with Gasteiger partial charge in [0.05, 0.1) is 42.8 Å². The third-order valence-electron chi connectivity index (χ3n) is 4.78. The molecule has 1 aromatic heterocycles. The molecule has 0 atom stereocenters. The molecule has 2 aromatic carbocycles. The van der Waals surface area contributed by atoms with Crippen LogP contribution < -0.4 is 10.1 Å². The fourth-order valence-corrected chi connectivity index (χ4v) is 3.48. The lowest BCUT2D eigenvalue weighted by Gasteiger charge is -2.28. The fraction of sp³-hybridized carbons (Fsp3) is 0.238. The number of hydrogen-bond acceptors (Lipinski definition) is 5. The highest BCUT2D eigenvalue weighted by molar-refractivity contribution is 6.31. The molecule has 8 heteroatoms. The molecule has 1 aliphatic rings. The first-order chi connectivity index (χ1) is 14.1. The lowest BCUT2D eigenvalue weighted by Crippen LogP contribution is -2.41. The second kappa shape index (κ2) is 8.23.